The van der Waals surface area contributed by atoms with Gasteiger partial charge in [0.05, 0.1) is 22.5 Å². The van der Waals surface area contributed by atoms with Crippen molar-refractivity contribution in [2.24, 2.45) is 0 Å². The van der Waals surface area contributed by atoms with Crippen LogP contribution in [0.3, 0.4) is 0 Å². The Labute approximate surface area is 431 Å². The lowest BCUT2D eigenvalue weighted by Crippen LogP contribution is -2.53. The zero-order chi connectivity index (χ0) is 52.7. The van der Waals surface area contributed by atoms with Crippen molar-refractivity contribution in [1.29, 1.82) is 0 Å². The molecule has 0 spiro atoms. The van der Waals surface area contributed by atoms with Crippen molar-refractivity contribution in [2.45, 2.75) is 187 Å². The lowest BCUT2D eigenvalue weighted by atomic mass is 9.79. The van der Waals surface area contributed by atoms with Crippen LogP contribution < -0.4 is 24.6 Å². The van der Waals surface area contributed by atoms with Crippen LogP contribution in [-0.2, 0) is 15.8 Å². The van der Waals surface area contributed by atoms with Crippen LogP contribution in [0.15, 0.2) is 84.9 Å². The zero-order valence-electron chi connectivity index (χ0n) is 44.3. The molecule has 73 heavy (non-hydrogen) atoms. The van der Waals surface area contributed by atoms with Gasteiger partial charge in [-0.1, -0.05) is 126 Å². The van der Waals surface area contributed by atoms with E-state index in [9.17, 15) is 32.3 Å². The van der Waals surface area contributed by atoms with Gasteiger partial charge in [0.15, 0.2) is 11.2 Å². The monoisotopic (exact) mass is 1010 g/mol. The van der Waals surface area contributed by atoms with E-state index in [0.29, 0.717) is 49.7 Å². The number of amides is 4. The number of nitrogens with one attached hydrogen (secondary N) is 1. The Morgan fingerprint density at radius 2 is 1.14 bits per heavy atom. The lowest BCUT2D eigenvalue weighted by molar-refractivity contribution is -0.138. The molecular formula is C60H77F3N4O6. The zero-order valence-corrected chi connectivity index (χ0v) is 44.3. The molecule has 0 radical (unpaired) electrons. The van der Waals surface area contributed by atoms with E-state index in [4.69, 9.17) is 9.47 Å². The van der Waals surface area contributed by atoms with Gasteiger partial charge in [-0.3, -0.25) is 19.2 Å². The minimum Gasteiger partial charge on any atom is -0.476 e. The average Bonchev–Trinajstić information content (AvgIpc) is 3.36. The van der Waals surface area contributed by atoms with Crippen LogP contribution in [0, 0.1) is 6.92 Å². The van der Waals surface area contributed by atoms with E-state index in [-0.39, 0.29) is 47.2 Å². The Hall–Kier alpha value is -5.85. The highest BCUT2D eigenvalue weighted by Gasteiger charge is 2.46. The Bertz CT molecular complexity index is 2560. The quantitative estimate of drug-likeness (QED) is 0.119. The van der Waals surface area contributed by atoms with Gasteiger partial charge in [-0.05, 0) is 121 Å². The Morgan fingerprint density at radius 3 is 1.66 bits per heavy atom. The summed E-state index contributed by atoms with van der Waals surface area (Å²) in [6, 6.07) is 26.2. The van der Waals surface area contributed by atoms with Gasteiger partial charge in [-0.25, -0.2) is 0 Å². The number of carbonyl (C=O) groups excluding carboxylic acids is 4. The molecule has 0 unspecified atom stereocenters. The van der Waals surface area contributed by atoms with Gasteiger partial charge in [0, 0.05) is 49.1 Å². The van der Waals surface area contributed by atoms with E-state index in [0.717, 1.165) is 93.5 Å². The van der Waals surface area contributed by atoms with E-state index in [1.807, 2.05) is 75.1 Å². The van der Waals surface area contributed by atoms with Crippen molar-refractivity contribution in [3.8, 4) is 11.5 Å². The van der Waals surface area contributed by atoms with Gasteiger partial charge < -0.3 is 29.5 Å². The molecule has 0 bridgehead atoms. The molecule has 4 aliphatic rings. The second kappa shape index (κ2) is 23.6. The number of hydrogen-bond donors (Lipinski definition) is 1. The number of hydrogen-bond acceptors (Lipinski definition) is 6. The summed E-state index contributed by atoms with van der Waals surface area (Å²) in [4.78, 5) is 59.4. The van der Waals surface area contributed by atoms with Crippen LogP contribution in [0.5, 0.6) is 11.5 Å². The normalized spacial score (nSPS) is 21.1. The van der Waals surface area contributed by atoms with Crippen molar-refractivity contribution in [3.05, 3.63) is 118 Å². The van der Waals surface area contributed by atoms with E-state index < -0.39 is 34.4 Å². The molecule has 4 aromatic rings. The summed E-state index contributed by atoms with van der Waals surface area (Å²) in [5.74, 6) is -0.0843. The number of rotatable bonds is 15. The van der Waals surface area contributed by atoms with Crippen molar-refractivity contribution in [3.63, 3.8) is 0 Å². The molecular weight excluding hydrogens is 930 g/mol. The van der Waals surface area contributed by atoms with E-state index >= 15 is 0 Å². The molecule has 4 atom stereocenters. The second-order valence-electron chi connectivity index (χ2n) is 21.4. The van der Waals surface area contributed by atoms with E-state index in [2.05, 4.69) is 54.4 Å². The number of halogens is 3. The van der Waals surface area contributed by atoms with E-state index in [1.54, 1.807) is 13.8 Å². The third kappa shape index (κ3) is 12.4. The Morgan fingerprint density at radius 1 is 0.658 bits per heavy atom. The van der Waals surface area contributed by atoms with Gasteiger partial charge in [-0.2, -0.15) is 13.2 Å². The molecule has 2 fully saturated rings. The fraction of sp³-hybridized carbons (Fsp3) is 0.533. The molecule has 2 aliphatic carbocycles. The molecule has 394 valence electrons. The summed E-state index contributed by atoms with van der Waals surface area (Å²) >= 11 is 0. The number of alkyl halides is 3. The first-order valence-electron chi connectivity index (χ1n) is 26.9. The van der Waals surface area contributed by atoms with Crippen LogP contribution in [0.25, 0.3) is 0 Å². The average molecular weight is 1010 g/mol. The van der Waals surface area contributed by atoms with Gasteiger partial charge in [-0.15, -0.1) is 0 Å². The summed E-state index contributed by atoms with van der Waals surface area (Å²) in [7, 11) is 0. The Balaban J connectivity index is 0.000000214. The van der Waals surface area contributed by atoms with Crippen LogP contribution >= 0.6 is 0 Å². The number of anilines is 2. The summed E-state index contributed by atoms with van der Waals surface area (Å²) in [6.45, 7) is 16.6. The highest BCUT2D eigenvalue weighted by Crippen LogP contribution is 2.46. The van der Waals surface area contributed by atoms with Crippen LogP contribution in [-0.4, -0.2) is 71.4 Å². The molecule has 4 amide bonds. The lowest BCUT2D eigenvalue weighted by Gasteiger charge is -2.41. The molecule has 0 saturated heterocycles. The maximum atomic E-state index is 14.2. The topological polar surface area (TPSA) is 108 Å². The second-order valence-corrected chi connectivity index (χ2v) is 21.4. The predicted molar refractivity (Wildman–Crippen MR) is 283 cm³/mol. The van der Waals surface area contributed by atoms with Crippen LogP contribution in [0.4, 0.5) is 24.5 Å². The fourth-order valence-electron chi connectivity index (χ4n) is 11.4. The largest absolute Gasteiger partial charge is 0.476 e. The third-order valence-electron chi connectivity index (χ3n) is 15.3. The summed E-state index contributed by atoms with van der Waals surface area (Å²) in [5.41, 5.74) is 1.11. The van der Waals surface area contributed by atoms with Gasteiger partial charge >= 0.3 is 6.18 Å². The number of nitrogens with zero attached hydrogens (tertiary/aromatic N) is 3. The maximum absolute atomic E-state index is 14.2. The van der Waals surface area contributed by atoms with Crippen LogP contribution in [0.2, 0.25) is 0 Å². The summed E-state index contributed by atoms with van der Waals surface area (Å²) < 4.78 is 54.5. The van der Waals surface area contributed by atoms with Gasteiger partial charge in [0.1, 0.15) is 11.5 Å². The van der Waals surface area contributed by atoms with Crippen molar-refractivity contribution >= 4 is 35.0 Å². The smallest absolute Gasteiger partial charge is 0.417 e. The highest BCUT2D eigenvalue weighted by atomic mass is 19.4. The minimum absolute atomic E-state index is 0.0297. The molecule has 4 aromatic carbocycles. The SMILES string of the molecule is CCCCCN1C(=O)C(C)(C)Oc2cc(C(F)(F)F)c(C(=O)N[C@H]3CCCC[C@H]3c3ccccc3)cc21.CCCCCN1C(=O)C(C)(C)Oc2cc(C)c(C(=O)N(CC)[C@H]3CCCC[C@H]3c3ccccc3)cc21. The molecule has 2 aliphatic heterocycles. The summed E-state index contributed by atoms with van der Waals surface area (Å²) in [6.07, 6.45) is 8.70. The molecule has 2 heterocycles. The molecule has 0 aromatic heterocycles. The maximum Gasteiger partial charge on any atom is 0.417 e. The first kappa shape index (κ1) is 54.9. The van der Waals surface area contributed by atoms with Crippen molar-refractivity contribution in [1.82, 2.24) is 10.2 Å². The van der Waals surface area contributed by atoms with E-state index in [1.165, 1.54) is 23.0 Å². The number of aryl methyl sites for hydroxylation is 1. The number of ether oxygens (including phenoxy) is 2. The summed E-state index contributed by atoms with van der Waals surface area (Å²) in [5, 5.41) is 2.91. The number of likely N-dealkylation sites (N-methyl/N-ethyl adjacent to an activating group) is 1. The number of fused-ring (bicyclic) bond motifs is 2. The third-order valence-corrected chi connectivity index (χ3v) is 15.3. The van der Waals surface area contributed by atoms with Crippen molar-refractivity contribution < 1.29 is 41.8 Å². The minimum atomic E-state index is -4.77. The predicted octanol–water partition coefficient (Wildman–Crippen LogP) is 13.7. The first-order chi connectivity index (χ1) is 34.8. The van der Waals surface area contributed by atoms with Crippen LogP contribution in [0.1, 0.15) is 193 Å². The highest BCUT2D eigenvalue weighted by molar-refractivity contribution is 6.06. The molecule has 1 N–H and O–H groups in total. The first-order valence-corrected chi connectivity index (χ1v) is 26.9. The number of benzene rings is 4. The molecule has 13 heteroatoms. The Kier molecular flexibility index (Phi) is 17.7. The van der Waals surface area contributed by atoms with Gasteiger partial charge in [0.2, 0.25) is 0 Å². The fourth-order valence-corrected chi connectivity index (χ4v) is 11.4. The number of carbonyl (C=O) groups is 4. The number of unbranched alkanes of at least 4 members (excludes halogenated alkanes) is 4. The molecule has 10 nitrogen and oxygen atoms in total. The van der Waals surface area contributed by atoms with Gasteiger partial charge in [0.25, 0.3) is 23.6 Å². The standard InChI is InChI=1S/C31H42N2O3.C29H35F3N2O3/c1-6-8-14-19-33-27-21-25(22(3)20-28(27)36-31(4,5)30(33)35)29(34)32(7-2)26-18-13-12-17-24(26)23-15-10-9-11-16-23;1-4-5-11-16-34-24-17-21(22(29(30,31)32)18-25(24)37-28(2,3)27(34)36)26(35)33-23-15-10-9-14-20(23)19-12-7-6-8-13-19/h9-11,15-16,20-21,24,26H,6-8,12-14,17-19H2,1-5H3;6-8,12-13,17-18,20,23H,4-5,9-11,14-16H2,1-3H3,(H,33,35)/t24-,26-;20-,23-/m00/s1. The van der Waals surface area contributed by atoms with Crippen molar-refractivity contribution in [2.75, 3.05) is 29.4 Å². The molecule has 8 rings (SSSR count). The molecule has 2 saturated carbocycles.